The number of carbonyl (C=O) groups is 1. The molecule has 1 amide bonds. The summed E-state index contributed by atoms with van der Waals surface area (Å²) in [6, 6.07) is 22.6. The highest BCUT2D eigenvalue weighted by molar-refractivity contribution is 8.27. The minimum atomic E-state index is -0.470. The predicted octanol–water partition coefficient (Wildman–Crippen LogP) is 5.13. The Bertz CT molecular complexity index is 1450. The summed E-state index contributed by atoms with van der Waals surface area (Å²) < 4.78 is 16.7. The van der Waals surface area contributed by atoms with Gasteiger partial charge in [0.15, 0.2) is 5.84 Å². The fourth-order valence-corrected chi connectivity index (χ4v) is 4.57. The van der Waals surface area contributed by atoms with E-state index in [-0.39, 0.29) is 11.4 Å². The first-order valence-corrected chi connectivity index (χ1v) is 12.4. The standard InChI is InChI=1S/C28H24N4O4S/c1-18-9-11-20(12-10-18)27-31-32-25(29)24(26(33)30-28(32)37-27)16-19-5-3-7-22(15-19)35-13-14-36-23-8-4-6-21(17-23)34-2/h3-12,15-17,29H,13-14H2,1-2H3/b24-16+,29-25?. The van der Waals surface area contributed by atoms with Crippen LogP contribution in [0.4, 0.5) is 0 Å². The molecule has 0 unspecified atom stereocenters. The Balaban J connectivity index is 1.25. The van der Waals surface area contributed by atoms with Gasteiger partial charge in [-0.15, -0.1) is 0 Å². The average Bonchev–Trinajstić information content (AvgIpc) is 3.34. The minimum Gasteiger partial charge on any atom is -0.497 e. The van der Waals surface area contributed by atoms with E-state index < -0.39 is 5.91 Å². The van der Waals surface area contributed by atoms with E-state index in [1.165, 1.54) is 16.8 Å². The van der Waals surface area contributed by atoms with E-state index in [9.17, 15) is 4.79 Å². The Kier molecular flexibility index (Phi) is 7.04. The van der Waals surface area contributed by atoms with E-state index in [0.717, 1.165) is 16.9 Å². The normalized spacial score (nSPS) is 15.8. The van der Waals surface area contributed by atoms with Gasteiger partial charge >= 0.3 is 0 Å². The third-order valence-corrected chi connectivity index (χ3v) is 6.54. The molecule has 0 spiro atoms. The van der Waals surface area contributed by atoms with Crippen LogP contribution < -0.4 is 14.2 Å². The van der Waals surface area contributed by atoms with Crippen LogP contribution in [0.3, 0.4) is 0 Å². The summed E-state index contributed by atoms with van der Waals surface area (Å²) in [6.45, 7) is 2.70. The van der Waals surface area contributed by atoms with Gasteiger partial charge in [-0.1, -0.05) is 48.0 Å². The summed E-state index contributed by atoms with van der Waals surface area (Å²) >= 11 is 1.28. The maximum absolute atomic E-state index is 12.8. The number of aliphatic imine (C=N–C) groups is 1. The van der Waals surface area contributed by atoms with Crippen molar-refractivity contribution in [3.8, 4) is 17.2 Å². The van der Waals surface area contributed by atoms with Crippen molar-refractivity contribution in [3.05, 3.63) is 95.1 Å². The molecule has 8 nitrogen and oxygen atoms in total. The third-order valence-electron chi connectivity index (χ3n) is 5.58. The first-order valence-electron chi connectivity index (χ1n) is 11.6. The van der Waals surface area contributed by atoms with Crippen LogP contribution in [-0.4, -0.2) is 47.3 Å². The van der Waals surface area contributed by atoms with Crippen LogP contribution in [0.2, 0.25) is 0 Å². The Morgan fingerprint density at radius 2 is 1.62 bits per heavy atom. The topological polar surface area (TPSA) is 96.6 Å². The maximum atomic E-state index is 12.8. The first kappa shape index (κ1) is 24.3. The lowest BCUT2D eigenvalue weighted by Crippen LogP contribution is -2.35. The molecule has 2 heterocycles. The molecule has 37 heavy (non-hydrogen) atoms. The highest BCUT2D eigenvalue weighted by Crippen LogP contribution is 2.31. The van der Waals surface area contributed by atoms with Crippen LogP contribution in [0.15, 0.2) is 88.5 Å². The zero-order chi connectivity index (χ0) is 25.8. The molecule has 0 aliphatic carbocycles. The second-order valence-corrected chi connectivity index (χ2v) is 9.20. The Morgan fingerprint density at radius 1 is 0.946 bits per heavy atom. The molecule has 1 N–H and O–H groups in total. The van der Waals surface area contributed by atoms with Crippen LogP contribution in [0.25, 0.3) is 6.08 Å². The number of hydrazone groups is 1. The number of amidine groups is 2. The van der Waals surface area contributed by atoms with Gasteiger partial charge in [0, 0.05) is 11.6 Å². The van der Waals surface area contributed by atoms with Gasteiger partial charge in [0.1, 0.15) is 35.5 Å². The Hall–Kier alpha value is -4.37. The number of benzene rings is 3. The van der Waals surface area contributed by atoms with E-state index >= 15 is 0 Å². The highest BCUT2D eigenvalue weighted by Gasteiger charge is 2.36. The van der Waals surface area contributed by atoms with E-state index in [1.807, 2.05) is 73.7 Å². The van der Waals surface area contributed by atoms with Gasteiger partial charge in [0.05, 0.1) is 12.7 Å². The molecule has 9 heteroatoms. The van der Waals surface area contributed by atoms with Crippen LogP contribution in [0.5, 0.6) is 17.2 Å². The van der Waals surface area contributed by atoms with Crippen molar-refractivity contribution in [2.45, 2.75) is 6.92 Å². The van der Waals surface area contributed by atoms with Crippen molar-refractivity contribution in [3.63, 3.8) is 0 Å². The summed E-state index contributed by atoms with van der Waals surface area (Å²) in [7, 11) is 1.61. The molecule has 0 radical (unpaired) electrons. The van der Waals surface area contributed by atoms with Gasteiger partial charge in [-0.2, -0.15) is 15.1 Å². The molecule has 0 aromatic heterocycles. The fourth-order valence-electron chi connectivity index (χ4n) is 3.68. The van der Waals surface area contributed by atoms with Crippen LogP contribution >= 0.6 is 11.8 Å². The van der Waals surface area contributed by atoms with Gasteiger partial charge in [-0.25, -0.2) is 0 Å². The van der Waals surface area contributed by atoms with E-state index in [1.54, 1.807) is 19.3 Å². The minimum absolute atomic E-state index is 0.0115. The van der Waals surface area contributed by atoms with E-state index in [2.05, 4.69) is 10.1 Å². The monoisotopic (exact) mass is 512 g/mol. The summed E-state index contributed by atoms with van der Waals surface area (Å²) in [5.74, 6) is 1.57. The van der Waals surface area contributed by atoms with Crippen molar-refractivity contribution < 1.29 is 19.0 Å². The number of carbonyl (C=O) groups excluding carboxylic acids is 1. The average molecular weight is 513 g/mol. The van der Waals surface area contributed by atoms with Gasteiger partial charge < -0.3 is 14.2 Å². The number of fused-ring (bicyclic) bond motifs is 1. The van der Waals surface area contributed by atoms with Crippen molar-refractivity contribution in [2.24, 2.45) is 10.1 Å². The molecule has 2 aliphatic rings. The summed E-state index contributed by atoms with van der Waals surface area (Å²) in [5, 5.41) is 15.6. The van der Waals surface area contributed by atoms with Crippen molar-refractivity contribution >= 4 is 39.8 Å². The van der Waals surface area contributed by atoms with Gasteiger partial charge in [0.25, 0.3) is 5.91 Å². The van der Waals surface area contributed by atoms with E-state index in [0.29, 0.717) is 40.5 Å². The maximum Gasteiger partial charge on any atom is 0.283 e. The molecule has 186 valence electrons. The number of ether oxygens (including phenoxy) is 3. The lowest BCUT2D eigenvalue weighted by atomic mass is 10.1. The zero-order valence-corrected chi connectivity index (χ0v) is 21.1. The molecule has 5 rings (SSSR count). The second kappa shape index (κ2) is 10.7. The molecule has 0 atom stereocenters. The van der Waals surface area contributed by atoms with Crippen LogP contribution in [-0.2, 0) is 4.79 Å². The smallest absolute Gasteiger partial charge is 0.283 e. The fraction of sp³-hybridized carbons (Fsp3) is 0.143. The van der Waals surface area contributed by atoms with Crippen molar-refractivity contribution in [1.29, 1.82) is 5.41 Å². The lowest BCUT2D eigenvalue weighted by molar-refractivity contribution is -0.114. The number of nitrogens with one attached hydrogen (secondary N) is 1. The Labute approximate surface area is 218 Å². The first-order chi connectivity index (χ1) is 18.0. The number of hydrogen-bond acceptors (Lipinski definition) is 7. The van der Waals surface area contributed by atoms with Crippen molar-refractivity contribution in [1.82, 2.24) is 5.01 Å². The molecular formula is C28H24N4O4S. The third kappa shape index (κ3) is 5.57. The molecule has 0 bridgehead atoms. The zero-order valence-electron chi connectivity index (χ0n) is 20.3. The predicted molar refractivity (Wildman–Crippen MR) is 146 cm³/mol. The number of rotatable bonds is 8. The summed E-state index contributed by atoms with van der Waals surface area (Å²) in [4.78, 5) is 16.9. The van der Waals surface area contributed by atoms with Gasteiger partial charge in [-0.3, -0.25) is 10.2 Å². The Morgan fingerprint density at radius 3 is 2.35 bits per heavy atom. The van der Waals surface area contributed by atoms with Crippen LogP contribution in [0, 0.1) is 12.3 Å². The quantitative estimate of drug-likeness (QED) is 0.332. The summed E-state index contributed by atoms with van der Waals surface area (Å²) in [5.41, 5.74) is 2.94. The molecule has 0 fully saturated rings. The second-order valence-electron chi connectivity index (χ2n) is 8.24. The number of methoxy groups -OCH3 is 1. The van der Waals surface area contributed by atoms with Gasteiger partial charge in [0.2, 0.25) is 5.17 Å². The number of amides is 1. The molecule has 0 saturated heterocycles. The molecular weight excluding hydrogens is 488 g/mol. The molecule has 3 aromatic rings. The highest BCUT2D eigenvalue weighted by atomic mass is 32.2. The van der Waals surface area contributed by atoms with Gasteiger partial charge in [-0.05, 0) is 54.6 Å². The number of aryl methyl sites for hydroxylation is 1. The summed E-state index contributed by atoms with van der Waals surface area (Å²) in [6.07, 6.45) is 1.63. The van der Waals surface area contributed by atoms with Crippen LogP contribution in [0.1, 0.15) is 16.7 Å². The van der Waals surface area contributed by atoms with E-state index in [4.69, 9.17) is 19.6 Å². The number of nitrogens with zero attached hydrogens (tertiary/aromatic N) is 3. The molecule has 3 aromatic carbocycles. The number of thioether (sulfide) groups is 1. The SMILES string of the molecule is COc1cccc(OCCOc2cccc(/C=C3\C(=N)N4N=C(c5ccc(C)cc5)SC4=NC3=O)c2)c1. The number of hydrogen-bond donors (Lipinski definition) is 1. The molecule has 0 saturated carbocycles. The molecule has 2 aliphatic heterocycles. The van der Waals surface area contributed by atoms with Crippen molar-refractivity contribution in [2.75, 3.05) is 20.3 Å². The largest absolute Gasteiger partial charge is 0.497 e. The lowest BCUT2D eigenvalue weighted by Gasteiger charge is -2.20.